The summed E-state index contributed by atoms with van der Waals surface area (Å²) < 4.78 is 66.0. The Morgan fingerprint density at radius 2 is 1.89 bits per heavy atom. The topological polar surface area (TPSA) is 41.1 Å². The van der Waals surface area contributed by atoms with Crippen LogP contribution in [0.4, 0.5) is 27.6 Å². The van der Waals surface area contributed by atoms with Crippen LogP contribution in [-0.4, -0.2) is 17.0 Å². The van der Waals surface area contributed by atoms with Crippen molar-refractivity contribution >= 4 is 35.0 Å². The van der Waals surface area contributed by atoms with E-state index in [1.807, 2.05) is 0 Å². The molecule has 10 heteroatoms. The zero-order valence-electron chi connectivity index (χ0n) is 14.1. The van der Waals surface area contributed by atoms with Crippen LogP contribution in [0.15, 0.2) is 47.5 Å². The molecule has 1 atom stereocenters. The molecule has 2 N–H and O–H groups in total. The zero-order valence-corrected chi connectivity index (χ0v) is 15.7. The lowest BCUT2D eigenvalue weighted by molar-refractivity contribution is -0.120. The summed E-state index contributed by atoms with van der Waals surface area (Å²) in [6, 6.07) is 7.18. The second kappa shape index (κ2) is 7.29. The van der Waals surface area contributed by atoms with Crippen molar-refractivity contribution in [1.82, 2.24) is 5.32 Å². The predicted octanol–water partition coefficient (Wildman–Crippen LogP) is 5.68. The maximum absolute atomic E-state index is 13.8. The van der Waals surface area contributed by atoms with E-state index in [9.17, 15) is 26.7 Å². The number of carbonyl (C=O) groups is 1. The van der Waals surface area contributed by atoms with E-state index >= 15 is 0 Å². The van der Waals surface area contributed by atoms with Crippen molar-refractivity contribution in [2.75, 3.05) is 5.32 Å². The standard InChI is InChI=1S/C18H12ClF5N2OS/c1-17(26-15(8-28-17)18(22,23)24)16(27)25-14-5-3-10(20)7-11(14)9-2-4-12(19)13(21)6-9/h2-8,26H,1H3,(H,25,27). The first-order chi connectivity index (χ1) is 13.0. The number of halogens is 6. The highest BCUT2D eigenvalue weighted by atomic mass is 35.5. The van der Waals surface area contributed by atoms with Gasteiger partial charge in [0.05, 0.1) is 5.02 Å². The van der Waals surface area contributed by atoms with Crippen LogP contribution in [0.2, 0.25) is 5.02 Å². The maximum Gasteiger partial charge on any atom is 0.431 e. The van der Waals surface area contributed by atoms with Crippen LogP contribution in [0.3, 0.4) is 0 Å². The number of hydrogen-bond donors (Lipinski definition) is 2. The molecule has 28 heavy (non-hydrogen) atoms. The van der Waals surface area contributed by atoms with Gasteiger partial charge in [0.15, 0.2) is 4.87 Å². The monoisotopic (exact) mass is 434 g/mol. The molecule has 0 bridgehead atoms. The number of alkyl halides is 3. The Bertz CT molecular complexity index is 979. The van der Waals surface area contributed by atoms with Gasteiger partial charge >= 0.3 is 6.18 Å². The lowest BCUT2D eigenvalue weighted by Crippen LogP contribution is -2.48. The lowest BCUT2D eigenvalue weighted by Gasteiger charge is -2.25. The minimum Gasteiger partial charge on any atom is -0.359 e. The van der Waals surface area contributed by atoms with Gasteiger partial charge in [-0.1, -0.05) is 29.4 Å². The lowest BCUT2D eigenvalue weighted by atomic mass is 10.0. The number of anilines is 1. The van der Waals surface area contributed by atoms with Gasteiger partial charge in [-0.3, -0.25) is 4.79 Å². The van der Waals surface area contributed by atoms with Crippen molar-refractivity contribution < 1.29 is 26.7 Å². The van der Waals surface area contributed by atoms with Gasteiger partial charge in [0.25, 0.3) is 5.91 Å². The Kier molecular flexibility index (Phi) is 5.33. The van der Waals surface area contributed by atoms with Crippen LogP contribution < -0.4 is 10.6 Å². The van der Waals surface area contributed by atoms with Gasteiger partial charge in [0.2, 0.25) is 0 Å². The van der Waals surface area contributed by atoms with Crippen LogP contribution in [0, 0.1) is 11.6 Å². The second-order valence-corrected chi connectivity index (χ2v) is 7.77. The summed E-state index contributed by atoms with van der Waals surface area (Å²) in [5.74, 6) is -2.15. The van der Waals surface area contributed by atoms with Crippen molar-refractivity contribution in [1.29, 1.82) is 0 Å². The minimum atomic E-state index is -4.62. The molecule has 1 aliphatic heterocycles. The quantitative estimate of drug-likeness (QED) is 0.611. The number of carbonyl (C=O) groups excluding carboxylic acids is 1. The van der Waals surface area contributed by atoms with Crippen LogP contribution >= 0.6 is 23.4 Å². The highest BCUT2D eigenvalue weighted by Crippen LogP contribution is 2.40. The van der Waals surface area contributed by atoms with E-state index in [1.54, 1.807) is 0 Å². The molecule has 148 valence electrons. The third-order valence-corrected chi connectivity index (χ3v) is 5.40. The van der Waals surface area contributed by atoms with E-state index in [0.29, 0.717) is 11.8 Å². The van der Waals surface area contributed by atoms with E-state index in [-0.39, 0.29) is 21.8 Å². The summed E-state index contributed by atoms with van der Waals surface area (Å²) in [5, 5.41) is 5.32. The molecule has 0 aromatic heterocycles. The van der Waals surface area contributed by atoms with Crippen molar-refractivity contribution in [2.24, 2.45) is 0 Å². The minimum absolute atomic E-state index is 0.109. The molecule has 1 unspecified atom stereocenters. The van der Waals surface area contributed by atoms with Gasteiger partial charge in [-0.15, -0.1) is 0 Å². The van der Waals surface area contributed by atoms with E-state index in [2.05, 4.69) is 10.6 Å². The van der Waals surface area contributed by atoms with Crippen LogP contribution in [0.25, 0.3) is 11.1 Å². The highest BCUT2D eigenvalue weighted by Gasteiger charge is 2.46. The number of nitrogens with one attached hydrogen (secondary N) is 2. The molecule has 3 nitrogen and oxygen atoms in total. The Hall–Kier alpha value is -2.26. The van der Waals surface area contributed by atoms with Gasteiger partial charge in [-0.05, 0) is 42.8 Å². The first-order valence-electron chi connectivity index (χ1n) is 7.79. The fourth-order valence-electron chi connectivity index (χ4n) is 2.51. The Morgan fingerprint density at radius 3 is 2.50 bits per heavy atom. The summed E-state index contributed by atoms with van der Waals surface area (Å²) in [6.07, 6.45) is -4.62. The molecule has 0 saturated carbocycles. The fraction of sp³-hybridized carbons (Fsp3) is 0.167. The van der Waals surface area contributed by atoms with E-state index < -0.39 is 34.3 Å². The molecule has 3 rings (SSSR count). The Labute approximate surface area is 165 Å². The average molecular weight is 435 g/mol. The molecular formula is C18H12ClF5N2OS. The molecule has 1 heterocycles. The zero-order chi connectivity index (χ0) is 20.7. The molecule has 0 radical (unpaired) electrons. The number of benzene rings is 2. The molecule has 1 amide bonds. The van der Waals surface area contributed by atoms with E-state index in [4.69, 9.17) is 11.6 Å². The summed E-state index contributed by atoms with van der Waals surface area (Å²) >= 11 is 6.31. The maximum atomic E-state index is 13.8. The fourth-order valence-corrected chi connectivity index (χ4v) is 3.50. The molecule has 2 aromatic rings. The van der Waals surface area contributed by atoms with Crippen LogP contribution in [-0.2, 0) is 4.79 Å². The van der Waals surface area contributed by atoms with Crippen LogP contribution in [0.5, 0.6) is 0 Å². The average Bonchev–Trinajstić information content (AvgIpc) is 3.03. The van der Waals surface area contributed by atoms with Gasteiger partial charge in [0.1, 0.15) is 17.3 Å². The molecular weight excluding hydrogens is 423 g/mol. The number of allylic oxidation sites excluding steroid dienone is 1. The number of rotatable bonds is 3. The number of hydrogen-bond acceptors (Lipinski definition) is 3. The SMILES string of the molecule is CC1(C(=O)Nc2ccc(F)cc2-c2ccc(Cl)c(F)c2)NC(C(F)(F)F)=CS1. The van der Waals surface area contributed by atoms with Gasteiger partial charge in [-0.2, -0.15) is 13.2 Å². The highest BCUT2D eigenvalue weighted by molar-refractivity contribution is 8.04. The predicted molar refractivity (Wildman–Crippen MR) is 98.7 cm³/mol. The smallest absolute Gasteiger partial charge is 0.359 e. The van der Waals surface area contributed by atoms with Gasteiger partial charge < -0.3 is 10.6 Å². The molecule has 0 fully saturated rings. The summed E-state index contributed by atoms with van der Waals surface area (Å²) in [6.45, 7) is 1.29. The van der Waals surface area contributed by atoms with Crippen molar-refractivity contribution in [3.63, 3.8) is 0 Å². The number of thioether (sulfide) groups is 1. The normalized spacial score (nSPS) is 19.2. The largest absolute Gasteiger partial charge is 0.431 e. The third-order valence-electron chi connectivity index (χ3n) is 3.98. The first kappa shape index (κ1) is 20.5. The van der Waals surface area contributed by atoms with Crippen LogP contribution in [0.1, 0.15) is 6.92 Å². The second-order valence-electron chi connectivity index (χ2n) is 6.08. The van der Waals surface area contributed by atoms with E-state index in [0.717, 1.165) is 23.6 Å². The van der Waals surface area contributed by atoms with Gasteiger partial charge in [0, 0.05) is 16.7 Å². The molecule has 0 spiro atoms. The molecule has 1 aliphatic rings. The number of amides is 1. The first-order valence-corrected chi connectivity index (χ1v) is 9.05. The Balaban J connectivity index is 1.89. The summed E-state index contributed by atoms with van der Waals surface area (Å²) in [7, 11) is 0. The summed E-state index contributed by atoms with van der Waals surface area (Å²) in [5.41, 5.74) is -0.533. The molecule has 0 aliphatic carbocycles. The van der Waals surface area contributed by atoms with Crippen molar-refractivity contribution in [3.8, 4) is 11.1 Å². The molecule has 0 saturated heterocycles. The summed E-state index contributed by atoms with van der Waals surface area (Å²) in [4.78, 5) is 11.0. The third kappa shape index (κ3) is 4.10. The molecule has 2 aromatic carbocycles. The van der Waals surface area contributed by atoms with Crippen molar-refractivity contribution in [3.05, 3.63) is 64.2 Å². The van der Waals surface area contributed by atoms with Crippen molar-refractivity contribution in [2.45, 2.75) is 18.0 Å². The Morgan fingerprint density at radius 1 is 1.18 bits per heavy atom. The van der Waals surface area contributed by atoms with Gasteiger partial charge in [-0.25, -0.2) is 8.78 Å². The van der Waals surface area contributed by atoms with E-state index in [1.165, 1.54) is 25.1 Å².